The van der Waals surface area contributed by atoms with Crippen molar-refractivity contribution >= 4 is 22.0 Å². The minimum absolute atomic E-state index is 0.0800. The Morgan fingerprint density at radius 1 is 1.41 bits per heavy atom. The fourth-order valence-electron chi connectivity index (χ4n) is 1.88. The molecule has 0 fully saturated rings. The number of carbonyl (C=O) groups excluding carboxylic acids is 1. The van der Waals surface area contributed by atoms with Crippen molar-refractivity contribution in [2.75, 3.05) is 13.7 Å². The Balaban J connectivity index is 3.39. The minimum atomic E-state index is -4.11. The number of rotatable bonds is 7. The third-order valence-electron chi connectivity index (χ3n) is 2.93. The molecule has 1 aromatic heterocycles. The molecule has 124 valence electrons. The van der Waals surface area contributed by atoms with Crippen LogP contribution in [0, 0.1) is 0 Å². The smallest absolute Gasteiger partial charge is 0.373 e. The summed E-state index contributed by atoms with van der Waals surface area (Å²) >= 11 is 0. The molecule has 0 aliphatic rings. The minimum Gasteiger partial charge on any atom is -0.480 e. The monoisotopic (exact) mass is 333 g/mol. The number of ether oxygens (including phenoxy) is 1. The van der Waals surface area contributed by atoms with Gasteiger partial charge in [-0.1, -0.05) is 6.92 Å². The third kappa shape index (κ3) is 3.66. The Kier molecular flexibility index (Phi) is 5.72. The number of methoxy groups -OCH3 is 1. The van der Waals surface area contributed by atoms with Crippen LogP contribution in [0.3, 0.4) is 0 Å². The van der Waals surface area contributed by atoms with Crippen molar-refractivity contribution < 1.29 is 32.3 Å². The first kappa shape index (κ1) is 18.2. The van der Waals surface area contributed by atoms with Crippen LogP contribution in [-0.2, 0) is 26.0 Å². The molecule has 0 amide bonds. The molecule has 1 N–H and O–H groups in total. The van der Waals surface area contributed by atoms with Gasteiger partial charge in [0.25, 0.3) is 0 Å². The van der Waals surface area contributed by atoms with E-state index >= 15 is 0 Å². The number of hydrogen-bond acceptors (Lipinski definition) is 6. The zero-order valence-electron chi connectivity index (χ0n) is 12.8. The Morgan fingerprint density at radius 2 is 2.00 bits per heavy atom. The molecule has 0 bridgehead atoms. The quantitative estimate of drug-likeness (QED) is 0.743. The molecule has 0 aliphatic heterocycles. The Hall–Kier alpha value is -1.87. The first-order valence-electron chi connectivity index (χ1n) is 6.59. The highest BCUT2D eigenvalue weighted by Gasteiger charge is 2.33. The number of esters is 1. The summed E-state index contributed by atoms with van der Waals surface area (Å²) in [5, 5.41) is 8.90. The predicted molar refractivity (Wildman–Crippen MR) is 76.1 cm³/mol. The van der Waals surface area contributed by atoms with Crippen molar-refractivity contribution in [1.82, 2.24) is 4.31 Å². The van der Waals surface area contributed by atoms with E-state index in [4.69, 9.17) is 9.52 Å². The second-order valence-corrected chi connectivity index (χ2v) is 6.64. The molecule has 0 radical (unpaired) electrons. The Morgan fingerprint density at radius 3 is 2.41 bits per heavy atom. The van der Waals surface area contributed by atoms with Gasteiger partial charge in [-0.3, -0.25) is 4.79 Å². The largest absolute Gasteiger partial charge is 0.480 e. The number of sulfonamides is 1. The lowest BCUT2D eigenvalue weighted by Gasteiger charge is -2.23. The highest BCUT2D eigenvalue weighted by molar-refractivity contribution is 7.89. The molecule has 0 atom stereocenters. The summed E-state index contributed by atoms with van der Waals surface area (Å²) in [5.41, 5.74) is 0. The molecule has 22 heavy (non-hydrogen) atoms. The van der Waals surface area contributed by atoms with Crippen LogP contribution in [0.25, 0.3) is 0 Å². The lowest BCUT2D eigenvalue weighted by molar-refractivity contribution is -0.137. The van der Waals surface area contributed by atoms with Gasteiger partial charge in [-0.2, -0.15) is 4.31 Å². The van der Waals surface area contributed by atoms with Crippen molar-refractivity contribution in [2.45, 2.75) is 38.1 Å². The van der Waals surface area contributed by atoms with Crippen molar-refractivity contribution in [1.29, 1.82) is 0 Å². The third-order valence-corrected chi connectivity index (χ3v) is 5.00. The number of aryl methyl sites for hydroxylation is 1. The van der Waals surface area contributed by atoms with E-state index in [0.29, 0.717) is 0 Å². The van der Waals surface area contributed by atoms with Crippen LogP contribution in [0.1, 0.15) is 37.1 Å². The lowest BCUT2D eigenvalue weighted by Crippen LogP contribution is -2.40. The van der Waals surface area contributed by atoms with Gasteiger partial charge in [0.15, 0.2) is 0 Å². The number of carboxylic acids is 1. The van der Waals surface area contributed by atoms with Gasteiger partial charge in [-0.15, -0.1) is 0 Å². The van der Waals surface area contributed by atoms with E-state index < -0.39 is 34.5 Å². The second-order valence-electron chi connectivity index (χ2n) is 4.78. The molecular formula is C13H19NO7S. The summed E-state index contributed by atoms with van der Waals surface area (Å²) in [4.78, 5) is 22.2. The second kappa shape index (κ2) is 6.93. The van der Waals surface area contributed by atoms with E-state index in [0.717, 1.165) is 17.5 Å². The number of furan rings is 1. The van der Waals surface area contributed by atoms with Crippen LogP contribution in [0.2, 0.25) is 0 Å². The number of carboxylic acid groups (broad SMARTS) is 1. The molecule has 0 spiro atoms. The topological polar surface area (TPSA) is 114 Å². The van der Waals surface area contributed by atoms with Crippen LogP contribution in [0.5, 0.6) is 0 Å². The van der Waals surface area contributed by atoms with Crippen LogP contribution in [-0.4, -0.2) is 49.5 Å². The first-order chi connectivity index (χ1) is 10.1. The van der Waals surface area contributed by atoms with Gasteiger partial charge < -0.3 is 14.3 Å². The van der Waals surface area contributed by atoms with E-state index in [-0.39, 0.29) is 22.8 Å². The molecular weight excluding hydrogens is 314 g/mol. The van der Waals surface area contributed by atoms with Gasteiger partial charge in [0.1, 0.15) is 17.2 Å². The van der Waals surface area contributed by atoms with Gasteiger partial charge in [-0.25, -0.2) is 13.2 Å². The molecule has 1 rings (SSSR count). The predicted octanol–water partition coefficient (Wildman–Crippen LogP) is 1.11. The number of aliphatic carboxylic acids is 1. The van der Waals surface area contributed by atoms with Crippen LogP contribution >= 0.6 is 0 Å². The van der Waals surface area contributed by atoms with Crippen LogP contribution in [0.15, 0.2) is 15.4 Å². The summed E-state index contributed by atoms with van der Waals surface area (Å²) in [7, 11) is -2.96. The Labute approximate surface area is 128 Å². The van der Waals surface area contributed by atoms with E-state index in [1.165, 1.54) is 0 Å². The molecule has 1 heterocycles. The molecule has 0 unspecified atom stereocenters. The zero-order valence-corrected chi connectivity index (χ0v) is 13.6. The van der Waals surface area contributed by atoms with Crippen LogP contribution in [0.4, 0.5) is 0 Å². The Bertz CT molecular complexity index is 660. The maximum Gasteiger partial charge on any atom is 0.373 e. The first-order valence-corrected chi connectivity index (χ1v) is 8.03. The molecule has 0 aliphatic carbocycles. The van der Waals surface area contributed by atoms with Gasteiger partial charge in [0.2, 0.25) is 15.8 Å². The van der Waals surface area contributed by atoms with Gasteiger partial charge in [0, 0.05) is 18.5 Å². The SMILES string of the molecule is CCc1oc(C(=O)OC)cc1S(=O)(=O)N(CC(=O)O)C(C)C. The lowest BCUT2D eigenvalue weighted by atomic mass is 10.3. The van der Waals surface area contributed by atoms with E-state index in [1.54, 1.807) is 20.8 Å². The van der Waals surface area contributed by atoms with Crippen molar-refractivity contribution in [3.8, 4) is 0 Å². The molecule has 0 saturated heterocycles. The molecule has 0 aromatic carbocycles. The fraction of sp³-hybridized carbons (Fsp3) is 0.538. The standard InChI is InChI=1S/C13H19NO7S/c1-5-9-11(6-10(21-9)13(17)20-4)22(18,19)14(8(2)3)7-12(15)16/h6,8H,5,7H2,1-4H3,(H,15,16). The van der Waals surface area contributed by atoms with Crippen LogP contribution < -0.4 is 0 Å². The normalized spacial score (nSPS) is 11.9. The average Bonchev–Trinajstić information content (AvgIpc) is 2.88. The van der Waals surface area contributed by atoms with E-state index in [1.807, 2.05) is 0 Å². The average molecular weight is 333 g/mol. The summed E-state index contributed by atoms with van der Waals surface area (Å²) in [6.45, 7) is 4.11. The maximum atomic E-state index is 12.7. The summed E-state index contributed by atoms with van der Waals surface area (Å²) in [6, 6.07) is 0.499. The highest BCUT2D eigenvalue weighted by Crippen LogP contribution is 2.26. The van der Waals surface area contributed by atoms with Crippen molar-refractivity contribution in [3.05, 3.63) is 17.6 Å². The van der Waals surface area contributed by atoms with Gasteiger partial charge in [0.05, 0.1) is 7.11 Å². The zero-order chi connectivity index (χ0) is 17.1. The van der Waals surface area contributed by atoms with Crippen molar-refractivity contribution in [3.63, 3.8) is 0 Å². The summed E-state index contributed by atoms with van der Waals surface area (Å²) < 4.78 is 35.9. The summed E-state index contributed by atoms with van der Waals surface area (Å²) in [5.74, 6) is -2.23. The van der Waals surface area contributed by atoms with Gasteiger partial charge >= 0.3 is 11.9 Å². The van der Waals surface area contributed by atoms with Gasteiger partial charge in [-0.05, 0) is 13.8 Å². The van der Waals surface area contributed by atoms with E-state index in [2.05, 4.69) is 4.74 Å². The molecule has 9 heteroatoms. The highest BCUT2D eigenvalue weighted by atomic mass is 32.2. The van der Waals surface area contributed by atoms with Crippen molar-refractivity contribution in [2.24, 2.45) is 0 Å². The fourth-order valence-corrected chi connectivity index (χ4v) is 3.70. The number of hydrogen-bond donors (Lipinski definition) is 1. The molecule has 1 aromatic rings. The summed E-state index contributed by atoms with van der Waals surface area (Å²) in [6.07, 6.45) is 0.227. The maximum absolute atomic E-state index is 12.7. The molecule has 8 nitrogen and oxygen atoms in total. The molecule has 0 saturated carbocycles. The van der Waals surface area contributed by atoms with E-state index in [9.17, 15) is 18.0 Å². The number of carbonyl (C=O) groups is 2. The number of nitrogens with zero attached hydrogens (tertiary/aromatic N) is 1.